The van der Waals surface area contributed by atoms with Crippen molar-refractivity contribution in [3.63, 3.8) is 0 Å². The molecule has 4 unspecified atom stereocenters. The zero-order valence-corrected chi connectivity index (χ0v) is 16.8. The van der Waals surface area contributed by atoms with Crippen molar-refractivity contribution < 1.29 is 29.4 Å². The van der Waals surface area contributed by atoms with Gasteiger partial charge in [-0.25, -0.2) is 4.79 Å². The SMILES string of the molecule is CC(C)C(NC(=O)C(CO)NC(=O)C(NC(=O)C1CCCN1)C(C)C)C(=O)O. The van der Waals surface area contributed by atoms with Crippen molar-refractivity contribution in [1.82, 2.24) is 21.3 Å². The van der Waals surface area contributed by atoms with E-state index in [-0.39, 0.29) is 23.8 Å². The average Bonchev–Trinajstić information content (AvgIpc) is 3.15. The summed E-state index contributed by atoms with van der Waals surface area (Å²) >= 11 is 0. The van der Waals surface area contributed by atoms with Crippen molar-refractivity contribution in [1.29, 1.82) is 0 Å². The number of amides is 3. The smallest absolute Gasteiger partial charge is 0.326 e. The Balaban J connectivity index is 2.75. The Hall–Kier alpha value is -2.20. The zero-order chi connectivity index (χ0) is 21.4. The molecular formula is C18H32N4O6. The summed E-state index contributed by atoms with van der Waals surface area (Å²) in [5, 5.41) is 29.1. The molecule has 0 aromatic carbocycles. The molecule has 0 radical (unpaired) electrons. The predicted octanol–water partition coefficient (Wildman–Crippen LogP) is -1.42. The van der Waals surface area contributed by atoms with Gasteiger partial charge in [0.25, 0.3) is 0 Å². The van der Waals surface area contributed by atoms with E-state index in [0.29, 0.717) is 6.42 Å². The molecule has 0 spiro atoms. The van der Waals surface area contributed by atoms with Gasteiger partial charge >= 0.3 is 5.97 Å². The van der Waals surface area contributed by atoms with E-state index in [4.69, 9.17) is 0 Å². The number of rotatable bonds is 10. The number of carboxylic acid groups (broad SMARTS) is 1. The van der Waals surface area contributed by atoms with Gasteiger partial charge in [0, 0.05) is 0 Å². The molecule has 1 aliphatic rings. The second-order valence-electron chi connectivity index (χ2n) is 7.69. The molecule has 28 heavy (non-hydrogen) atoms. The lowest BCUT2D eigenvalue weighted by atomic mass is 10.0. The van der Waals surface area contributed by atoms with Crippen LogP contribution >= 0.6 is 0 Å². The van der Waals surface area contributed by atoms with Crippen molar-refractivity contribution in [3.8, 4) is 0 Å². The molecule has 0 aromatic heterocycles. The van der Waals surface area contributed by atoms with Gasteiger partial charge in [0.05, 0.1) is 12.6 Å². The lowest BCUT2D eigenvalue weighted by molar-refractivity contribution is -0.144. The highest BCUT2D eigenvalue weighted by Gasteiger charge is 2.33. The minimum absolute atomic E-state index is 0.254. The highest BCUT2D eigenvalue weighted by atomic mass is 16.4. The molecule has 0 aromatic rings. The second kappa shape index (κ2) is 11.0. The first-order valence-corrected chi connectivity index (χ1v) is 9.56. The van der Waals surface area contributed by atoms with E-state index in [1.165, 1.54) is 0 Å². The number of carboxylic acids is 1. The molecule has 1 saturated heterocycles. The maximum absolute atomic E-state index is 12.6. The fraction of sp³-hybridized carbons (Fsp3) is 0.778. The fourth-order valence-corrected chi connectivity index (χ4v) is 2.92. The van der Waals surface area contributed by atoms with Crippen LogP contribution in [-0.2, 0) is 19.2 Å². The monoisotopic (exact) mass is 400 g/mol. The van der Waals surface area contributed by atoms with Gasteiger partial charge in [-0.3, -0.25) is 14.4 Å². The molecule has 160 valence electrons. The Morgan fingerprint density at radius 3 is 2.00 bits per heavy atom. The van der Waals surface area contributed by atoms with Gasteiger partial charge < -0.3 is 31.5 Å². The van der Waals surface area contributed by atoms with E-state index in [0.717, 1.165) is 13.0 Å². The van der Waals surface area contributed by atoms with Crippen LogP contribution in [0.25, 0.3) is 0 Å². The molecule has 0 aliphatic carbocycles. The summed E-state index contributed by atoms with van der Waals surface area (Å²) in [6, 6.07) is -3.71. The van der Waals surface area contributed by atoms with Crippen LogP contribution in [0.2, 0.25) is 0 Å². The first-order valence-electron chi connectivity index (χ1n) is 9.56. The van der Waals surface area contributed by atoms with Gasteiger partial charge in [0.15, 0.2) is 0 Å². The van der Waals surface area contributed by atoms with Crippen LogP contribution in [0.4, 0.5) is 0 Å². The number of aliphatic hydroxyl groups excluding tert-OH is 1. The number of hydrogen-bond donors (Lipinski definition) is 6. The molecule has 1 heterocycles. The molecule has 10 nitrogen and oxygen atoms in total. The lowest BCUT2D eigenvalue weighted by Crippen LogP contribution is -2.59. The Morgan fingerprint density at radius 1 is 0.964 bits per heavy atom. The molecule has 0 saturated carbocycles. The molecule has 1 rings (SSSR count). The molecule has 1 fully saturated rings. The van der Waals surface area contributed by atoms with Crippen molar-refractivity contribution in [3.05, 3.63) is 0 Å². The fourth-order valence-electron chi connectivity index (χ4n) is 2.92. The van der Waals surface area contributed by atoms with Gasteiger partial charge in [-0.15, -0.1) is 0 Å². The van der Waals surface area contributed by atoms with E-state index < -0.39 is 42.5 Å². The summed E-state index contributed by atoms with van der Waals surface area (Å²) < 4.78 is 0. The number of carbonyl (C=O) groups excluding carboxylic acids is 3. The summed E-state index contributed by atoms with van der Waals surface area (Å²) in [7, 11) is 0. The minimum atomic E-state index is -1.32. The minimum Gasteiger partial charge on any atom is -0.480 e. The second-order valence-corrected chi connectivity index (χ2v) is 7.69. The van der Waals surface area contributed by atoms with Crippen molar-refractivity contribution in [2.45, 2.75) is 64.7 Å². The maximum atomic E-state index is 12.6. The third-order valence-corrected chi connectivity index (χ3v) is 4.67. The number of aliphatic carboxylic acids is 1. The van der Waals surface area contributed by atoms with Crippen LogP contribution in [-0.4, -0.2) is 71.2 Å². The highest BCUT2D eigenvalue weighted by molar-refractivity contribution is 5.94. The van der Waals surface area contributed by atoms with E-state index >= 15 is 0 Å². The van der Waals surface area contributed by atoms with Gasteiger partial charge in [-0.1, -0.05) is 27.7 Å². The normalized spacial score (nSPS) is 19.8. The van der Waals surface area contributed by atoms with E-state index in [9.17, 15) is 29.4 Å². The van der Waals surface area contributed by atoms with Gasteiger partial charge in [0.2, 0.25) is 17.7 Å². The topological polar surface area (TPSA) is 157 Å². The highest BCUT2D eigenvalue weighted by Crippen LogP contribution is 2.08. The summed E-state index contributed by atoms with van der Waals surface area (Å²) in [6.07, 6.45) is 1.57. The van der Waals surface area contributed by atoms with Crippen LogP contribution in [0, 0.1) is 11.8 Å². The molecule has 6 N–H and O–H groups in total. The summed E-state index contributed by atoms with van der Waals surface area (Å²) in [5.41, 5.74) is 0. The number of carbonyl (C=O) groups is 4. The predicted molar refractivity (Wildman–Crippen MR) is 101 cm³/mol. The molecular weight excluding hydrogens is 368 g/mol. The summed E-state index contributed by atoms with van der Waals surface area (Å²) in [5.74, 6) is -3.55. The van der Waals surface area contributed by atoms with Gasteiger partial charge in [0.1, 0.15) is 18.1 Å². The van der Waals surface area contributed by atoms with Crippen molar-refractivity contribution in [2.75, 3.05) is 13.2 Å². The van der Waals surface area contributed by atoms with Gasteiger partial charge in [-0.05, 0) is 31.2 Å². The van der Waals surface area contributed by atoms with E-state index in [1.54, 1.807) is 27.7 Å². The first kappa shape index (κ1) is 23.8. The summed E-state index contributed by atoms with van der Waals surface area (Å²) in [6.45, 7) is 6.80. The van der Waals surface area contributed by atoms with Crippen LogP contribution < -0.4 is 21.3 Å². The largest absolute Gasteiger partial charge is 0.480 e. The Kier molecular flexibility index (Phi) is 9.33. The van der Waals surface area contributed by atoms with Gasteiger partial charge in [-0.2, -0.15) is 0 Å². The van der Waals surface area contributed by atoms with Crippen LogP contribution in [0.1, 0.15) is 40.5 Å². The van der Waals surface area contributed by atoms with Crippen LogP contribution in [0.15, 0.2) is 0 Å². The Labute approximate surface area is 164 Å². The molecule has 3 amide bonds. The molecule has 1 aliphatic heterocycles. The molecule has 4 atom stereocenters. The third kappa shape index (κ3) is 6.75. The molecule has 10 heteroatoms. The maximum Gasteiger partial charge on any atom is 0.326 e. The quantitative estimate of drug-likeness (QED) is 0.263. The van der Waals surface area contributed by atoms with Crippen molar-refractivity contribution in [2.24, 2.45) is 11.8 Å². The number of aliphatic hydroxyl groups is 1. The zero-order valence-electron chi connectivity index (χ0n) is 16.8. The Morgan fingerprint density at radius 2 is 1.57 bits per heavy atom. The van der Waals surface area contributed by atoms with E-state index in [1.807, 2.05) is 0 Å². The number of hydrogen-bond acceptors (Lipinski definition) is 6. The average molecular weight is 400 g/mol. The summed E-state index contributed by atoms with van der Waals surface area (Å²) in [4.78, 5) is 48.5. The van der Waals surface area contributed by atoms with Crippen LogP contribution in [0.3, 0.4) is 0 Å². The Bertz CT molecular complexity index is 574. The van der Waals surface area contributed by atoms with E-state index in [2.05, 4.69) is 21.3 Å². The lowest BCUT2D eigenvalue weighted by Gasteiger charge is -2.26. The molecule has 0 bridgehead atoms. The third-order valence-electron chi connectivity index (χ3n) is 4.67. The number of nitrogens with one attached hydrogen (secondary N) is 4. The van der Waals surface area contributed by atoms with Crippen LogP contribution in [0.5, 0.6) is 0 Å². The van der Waals surface area contributed by atoms with Crippen molar-refractivity contribution >= 4 is 23.7 Å². The standard InChI is InChI=1S/C18H32N4O6/c1-9(2)13(21-15(24)11-6-5-7-19-11)17(26)20-12(8-23)16(25)22-14(10(3)4)18(27)28/h9-14,19,23H,5-8H2,1-4H3,(H,20,26)(H,21,24)(H,22,25)(H,27,28). The first-order chi connectivity index (χ1) is 13.1.